The number of nitrogens with zero attached hydrogens (tertiary/aromatic N) is 3. The summed E-state index contributed by atoms with van der Waals surface area (Å²) in [5.41, 5.74) is 6.00. The van der Waals surface area contributed by atoms with Gasteiger partial charge in [0, 0.05) is 18.2 Å². The number of nitrogens with two attached hydrogens (primary N) is 1. The number of ether oxygens (including phenoxy) is 1. The first-order valence-corrected chi connectivity index (χ1v) is 9.83. The first-order chi connectivity index (χ1) is 15.8. The van der Waals surface area contributed by atoms with E-state index in [1.165, 1.54) is 24.1 Å². The smallest absolute Gasteiger partial charge is 0.322 e. The van der Waals surface area contributed by atoms with Crippen LogP contribution in [0.3, 0.4) is 0 Å². The number of imide groups is 1. The van der Waals surface area contributed by atoms with E-state index < -0.39 is 17.5 Å². The standard InChI is InChI=1S/C21H18N6O6/c1-32-11-3-2-10-8-27(18(28)12(10)6-11)9-21(19(29)24-20(30)25-21)16-7-14-15(33-16)5-4-13(23-14)17(22)26-31/h2-7,31H,8-9H2,1H3,(H2,22,26)(H2,24,25,29,30). The average molecular weight is 450 g/mol. The van der Waals surface area contributed by atoms with Crippen molar-refractivity contribution in [2.24, 2.45) is 10.9 Å². The van der Waals surface area contributed by atoms with Gasteiger partial charge in [0.25, 0.3) is 11.8 Å². The topological polar surface area (TPSA) is 172 Å². The van der Waals surface area contributed by atoms with Crippen LogP contribution >= 0.6 is 0 Å². The van der Waals surface area contributed by atoms with E-state index in [0.29, 0.717) is 22.4 Å². The summed E-state index contributed by atoms with van der Waals surface area (Å²) in [6, 6.07) is 8.97. The molecule has 2 aliphatic heterocycles. The van der Waals surface area contributed by atoms with Crippen LogP contribution in [0.4, 0.5) is 4.79 Å². The Hall–Kier alpha value is -4.61. The number of methoxy groups -OCH3 is 1. The number of carbonyl (C=O) groups excluding carboxylic acids is 3. The second-order valence-corrected chi connectivity index (χ2v) is 7.67. The molecule has 3 aromatic rings. The molecule has 2 aliphatic rings. The summed E-state index contributed by atoms with van der Waals surface area (Å²) < 4.78 is 11.1. The lowest BCUT2D eigenvalue weighted by Gasteiger charge is -2.28. The fraction of sp³-hybridized carbons (Fsp3) is 0.190. The number of benzene rings is 1. The van der Waals surface area contributed by atoms with E-state index in [-0.39, 0.29) is 36.3 Å². The monoisotopic (exact) mass is 450 g/mol. The fourth-order valence-corrected chi connectivity index (χ4v) is 4.06. The zero-order valence-corrected chi connectivity index (χ0v) is 17.3. The summed E-state index contributed by atoms with van der Waals surface area (Å²) in [5, 5.41) is 16.6. The van der Waals surface area contributed by atoms with Crippen molar-refractivity contribution < 1.29 is 28.7 Å². The molecule has 5 rings (SSSR count). The maximum absolute atomic E-state index is 13.1. The zero-order valence-electron chi connectivity index (χ0n) is 17.3. The normalized spacial score (nSPS) is 20.2. The van der Waals surface area contributed by atoms with Gasteiger partial charge in [0.1, 0.15) is 22.7 Å². The molecule has 2 aromatic heterocycles. The van der Waals surface area contributed by atoms with E-state index in [1.807, 2.05) is 0 Å². The molecule has 1 fully saturated rings. The highest BCUT2D eigenvalue weighted by Crippen LogP contribution is 2.34. The first-order valence-electron chi connectivity index (χ1n) is 9.83. The molecule has 0 bridgehead atoms. The predicted molar refractivity (Wildman–Crippen MR) is 113 cm³/mol. The Balaban J connectivity index is 1.54. The van der Waals surface area contributed by atoms with E-state index in [0.717, 1.165) is 5.56 Å². The Morgan fingerprint density at radius 3 is 2.82 bits per heavy atom. The van der Waals surface area contributed by atoms with Gasteiger partial charge in [-0.25, -0.2) is 9.78 Å². The molecule has 4 heterocycles. The Labute approximate surface area is 186 Å². The molecule has 12 nitrogen and oxygen atoms in total. The molecule has 4 amide bonds. The second-order valence-electron chi connectivity index (χ2n) is 7.67. The molecule has 1 saturated heterocycles. The third-order valence-electron chi connectivity index (χ3n) is 5.73. The van der Waals surface area contributed by atoms with Gasteiger partial charge in [0.2, 0.25) is 0 Å². The molecular weight excluding hydrogens is 432 g/mol. The molecule has 0 radical (unpaired) electrons. The lowest BCUT2D eigenvalue weighted by molar-refractivity contribution is -0.125. The number of hydrogen-bond donors (Lipinski definition) is 4. The summed E-state index contributed by atoms with van der Waals surface area (Å²) >= 11 is 0. The molecule has 0 saturated carbocycles. The molecule has 168 valence electrons. The number of carbonyl (C=O) groups is 3. The Bertz CT molecular complexity index is 1360. The van der Waals surface area contributed by atoms with Crippen molar-refractivity contribution in [2.75, 3.05) is 13.7 Å². The summed E-state index contributed by atoms with van der Waals surface area (Å²) in [5.74, 6) is -0.538. The van der Waals surface area contributed by atoms with Crippen molar-refractivity contribution in [3.8, 4) is 5.75 Å². The minimum Gasteiger partial charge on any atom is -0.497 e. The molecule has 0 aliphatic carbocycles. The van der Waals surface area contributed by atoms with Crippen LogP contribution in [-0.4, -0.2) is 52.4 Å². The summed E-state index contributed by atoms with van der Waals surface area (Å²) in [6.45, 7) is 0.0719. The van der Waals surface area contributed by atoms with Crippen molar-refractivity contribution in [3.63, 3.8) is 0 Å². The van der Waals surface area contributed by atoms with E-state index in [2.05, 4.69) is 20.8 Å². The van der Waals surface area contributed by atoms with Gasteiger partial charge in [0.05, 0.1) is 13.7 Å². The number of oxime groups is 1. The Morgan fingerprint density at radius 2 is 2.12 bits per heavy atom. The number of aromatic nitrogens is 1. The number of hydrogen-bond acceptors (Lipinski definition) is 8. The maximum atomic E-state index is 13.1. The van der Waals surface area contributed by atoms with Gasteiger partial charge < -0.3 is 30.3 Å². The molecular formula is C21H18N6O6. The van der Waals surface area contributed by atoms with Crippen LogP contribution in [0.2, 0.25) is 0 Å². The van der Waals surface area contributed by atoms with Gasteiger partial charge >= 0.3 is 6.03 Å². The number of rotatable bonds is 5. The Morgan fingerprint density at radius 1 is 1.30 bits per heavy atom. The van der Waals surface area contributed by atoms with Crippen LogP contribution in [0.1, 0.15) is 27.4 Å². The maximum Gasteiger partial charge on any atom is 0.322 e. The zero-order chi connectivity index (χ0) is 23.3. The van der Waals surface area contributed by atoms with Gasteiger partial charge in [-0.1, -0.05) is 11.2 Å². The van der Waals surface area contributed by atoms with Crippen LogP contribution < -0.4 is 21.1 Å². The van der Waals surface area contributed by atoms with Gasteiger partial charge in [-0.05, 0) is 29.8 Å². The van der Waals surface area contributed by atoms with Crippen molar-refractivity contribution in [1.82, 2.24) is 20.5 Å². The molecule has 1 atom stereocenters. The minimum atomic E-state index is -1.67. The number of furan rings is 1. The number of fused-ring (bicyclic) bond motifs is 2. The number of nitrogens with one attached hydrogen (secondary N) is 2. The van der Waals surface area contributed by atoms with Gasteiger partial charge in [-0.15, -0.1) is 0 Å². The predicted octanol–water partition coefficient (Wildman–Crippen LogP) is 0.622. The van der Waals surface area contributed by atoms with Crippen LogP contribution in [0.15, 0.2) is 46.0 Å². The average Bonchev–Trinajstić information content (AvgIpc) is 3.46. The lowest BCUT2D eigenvalue weighted by atomic mass is 9.95. The highest BCUT2D eigenvalue weighted by molar-refractivity contribution is 6.08. The van der Waals surface area contributed by atoms with E-state index in [9.17, 15) is 14.4 Å². The number of amides is 4. The summed E-state index contributed by atoms with van der Waals surface area (Å²) in [7, 11) is 1.51. The van der Waals surface area contributed by atoms with Crippen molar-refractivity contribution in [2.45, 2.75) is 12.1 Å². The molecule has 1 aromatic carbocycles. The first kappa shape index (κ1) is 20.3. The molecule has 5 N–H and O–H groups in total. The Kier molecular flexibility index (Phi) is 4.44. The quantitative estimate of drug-likeness (QED) is 0.144. The largest absolute Gasteiger partial charge is 0.497 e. The van der Waals surface area contributed by atoms with Crippen LogP contribution in [-0.2, 0) is 16.9 Å². The lowest BCUT2D eigenvalue weighted by Crippen LogP contribution is -2.52. The third kappa shape index (κ3) is 3.11. The van der Waals surface area contributed by atoms with E-state index in [1.54, 1.807) is 24.3 Å². The van der Waals surface area contributed by atoms with Crippen molar-refractivity contribution >= 4 is 34.8 Å². The third-order valence-corrected chi connectivity index (χ3v) is 5.73. The molecule has 1 unspecified atom stereocenters. The molecule has 0 spiro atoms. The minimum absolute atomic E-state index is 0.0892. The van der Waals surface area contributed by atoms with Gasteiger partial charge in [0.15, 0.2) is 17.0 Å². The highest BCUT2D eigenvalue weighted by Gasteiger charge is 2.53. The van der Waals surface area contributed by atoms with Crippen molar-refractivity contribution in [1.29, 1.82) is 0 Å². The van der Waals surface area contributed by atoms with Crippen LogP contribution in [0, 0.1) is 0 Å². The number of urea groups is 1. The van der Waals surface area contributed by atoms with Gasteiger partial charge in [-0.3, -0.25) is 14.9 Å². The van der Waals surface area contributed by atoms with E-state index >= 15 is 0 Å². The fourth-order valence-electron chi connectivity index (χ4n) is 4.06. The van der Waals surface area contributed by atoms with E-state index in [4.69, 9.17) is 20.1 Å². The number of pyridine rings is 1. The van der Waals surface area contributed by atoms with Crippen LogP contribution in [0.25, 0.3) is 11.1 Å². The second kappa shape index (κ2) is 7.22. The van der Waals surface area contributed by atoms with Crippen molar-refractivity contribution in [3.05, 3.63) is 59.0 Å². The molecule has 12 heteroatoms. The highest BCUT2D eigenvalue weighted by atomic mass is 16.5. The summed E-state index contributed by atoms with van der Waals surface area (Å²) in [4.78, 5) is 43.9. The van der Waals surface area contributed by atoms with Crippen LogP contribution in [0.5, 0.6) is 5.75 Å². The molecule has 33 heavy (non-hydrogen) atoms. The summed E-state index contributed by atoms with van der Waals surface area (Å²) in [6.07, 6.45) is 0. The number of amidine groups is 1. The van der Waals surface area contributed by atoms with Gasteiger partial charge in [-0.2, -0.15) is 0 Å². The SMILES string of the molecule is COc1ccc2c(c1)C(=O)N(CC1(c3cc4nc(C(N)=NO)ccc4o3)NC(=O)NC1=O)C2.